The molecule has 0 radical (unpaired) electrons. The first-order chi connectivity index (χ1) is 10.0. The maximum atomic E-state index is 12.3. The number of thiophene rings is 1. The van der Waals surface area contributed by atoms with Gasteiger partial charge >= 0.3 is 0 Å². The monoisotopic (exact) mass is 341 g/mol. The molecule has 2 aromatic rings. The Morgan fingerprint density at radius 1 is 1.24 bits per heavy atom. The van der Waals surface area contributed by atoms with Gasteiger partial charge in [0, 0.05) is 28.0 Å². The molecule has 1 aliphatic rings. The van der Waals surface area contributed by atoms with Gasteiger partial charge in [-0.15, -0.1) is 11.3 Å². The predicted molar refractivity (Wildman–Crippen MR) is 86.3 cm³/mol. The summed E-state index contributed by atoms with van der Waals surface area (Å²) in [6.45, 7) is 1.02. The Kier molecular flexibility index (Phi) is 4.22. The second kappa shape index (κ2) is 5.97. The quantitative estimate of drug-likeness (QED) is 0.898. The van der Waals surface area contributed by atoms with Gasteiger partial charge in [-0.3, -0.25) is 4.79 Å². The van der Waals surface area contributed by atoms with E-state index in [1.807, 2.05) is 24.3 Å². The summed E-state index contributed by atoms with van der Waals surface area (Å²) in [5.41, 5.74) is 0.901. The lowest BCUT2D eigenvalue weighted by Gasteiger charge is -2.13. The summed E-state index contributed by atoms with van der Waals surface area (Å²) in [5, 5.41) is 10.7. The minimum absolute atomic E-state index is 0.0316. The number of benzene rings is 1. The molecular weight excluding hydrogens is 329 g/mol. The van der Waals surface area contributed by atoms with E-state index in [2.05, 4.69) is 0 Å². The van der Waals surface area contributed by atoms with Gasteiger partial charge in [-0.05, 0) is 42.3 Å². The van der Waals surface area contributed by atoms with E-state index in [0.717, 1.165) is 10.4 Å². The van der Waals surface area contributed by atoms with Gasteiger partial charge in [0.2, 0.25) is 0 Å². The van der Waals surface area contributed by atoms with Crippen molar-refractivity contribution in [3.8, 4) is 10.4 Å². The highest BCUT2D eigenvalue weighted by Crippen LogP contribution is 2.33. The number of carbonyl (C=O) groups is 1. The van der Waals surface area contributed by atoms with E-state index in [4.69, 9.17) is 23.2 Å². The molecule has 1 N–H and O–H groups in total. The minimum Gasteiger partial charge on any atom is -0.391 e. The van der Waals surface area contributed by atoms with E-state index < -0.39 is 6.10 Å². The number of rotatable bonds is 2. The number of amides is 1. The third-order valence-electron chi connectivity index (χ3n) is 3.41. The van der Waals surface area contributed by atoms with Gasteiger partial charge in [-0.25, -0.2) is 0 Å². The molecule has 1 saturated heterocycles. The van der Waals surface area contributed by atoms with Gasteiger partial charge in [-0.2, -0.15) is 0 Å². The van der Waals surface area contributed by atoms with Crippen LogP contribution >= 0.6 is 34.5 Å². The van der Waals surface area contributed by atoms with Crippen LogP contribution in [0.25, 0.3) is 10.4 Å². The lowest BCUT2D eigenvalue weighted by atomic mass is 10.2. The van der Waals surface area contributed by atoms with Crippen molar-refractivity contribution in [2.75, 3.05) is 13.1 Å². The van der Waals surface area contributed by atoms with E-state index in [-0.39, 0.29) is 5.91 Å². The largest absolute Gasteiger partial charge is 0.391 e. The molecule has 0 bridgehead atoms. The van der Waals surface area contributed by atoms with E-state index >= 15 is 0 Å². The first kappa shape index (κ1) is 14.9. The Morgan fingerprint density at radius 2 is 1.95 bits per heavy atom. The van der Waals surface area contributed by atoms with Crippen LogP contribution < -0.4 is 0 Å². The molecular formula is C15H13Cl2NO2S. The van der Waals surface area contributed by atoms with Crippen LogP contribution in [0.15, 0.2) is 30.3 Å². The average Bonchev–Trinajstić information content (AvgIpc) is 3.05. The topological polar surface area (TPSA) is 40.5 Å². The number of halogens is 2. The van der Waals surface area contributed by atoms with E-state index in [9.17, 15) is 9.90 Å². The van der Waals surface area contributed by atoms with Crippen LogP contribution in [0.1, 0.15) is 16.1 Å². The molecule has 21 heavy (non-hydrogen) atoms. The summed E-state index contributed by atoms with van der Waals surface area (Å²) >= 11 is 13.4. The second-order valence-electron chi connectivity index (χ2n) is 5.02. The van der Waals surface area contributed by atoms with E-state index in [0.29, 0.717) is 34.4 Å². The second-order valence-corrected chi connectivity index (χ2v) is 6.97. The van der Waals surface area contributed by atoms with Crippen molar-refractivity contribution in [3.63, 3.8) is 0 Å². The zero-order valence-corrected chi connectivity index (χ0v) is 13.4. The molecule has 3 rings (SSSR count). The molecule has 1 aromatic heterocycles. The highest BCUT2D eigenvalue weighted by atomic mass is 35.5. The average molecular weight is 342 g/mol. The molecule has 0 spiro atoms. The van der Waals surface area contributed by atoms with Crippen molar-refractivity contribution in [2.45, 2.75) is 12.5 Å². The van der Waals surface area contributed by atoms with Crippen LogP contribution in [0.5, 0.6) is 0 Å². The molecule has 0 unspecified atom stereocenters. The predicted octanol–water partition coefficient (Wildman–Crippen LogP) is 3.93. The van der Waals surface area contributed by atoms with E-state index in [1.54, 1.807) is 11.0 Å². The maximum absolute atomic E-state index is 12.3. The first-order valence-corrected chi connectivity index (χ1v) is 8.14. The molecule has 0 aliphatic carbocycles. The SMILES string of the molecule is O=C(c1ccc(-c2cc(Cl)cc(Cl)c2)s1)N1CC[C@@H](O)C1. The molecule has 1 aliphatic heterocycles. The fourth-order valence-electron chi connectivity index (χ4n) is 2.39. The van der Waals surface area contributed by atoms with Crippen LogP contribution in [0.2, 0.25) is 10.0 Å². The van der Waals surface area contributed by atoms with Crippen LogP contribution in [-0.4, -0.2) is 35.1 Å². The number of hydrogen-bond donors (Lipinski definition) is 1. The zero-order chi connectivity index (χ0) is 15.0. The summed E-state index contributed by atoms with van der Waals surface area (Å²) in [4.78, 5) is 15.6. The third kappa shape index (κ3) is 3.24. The number of aliphatic hydroxyl groups is 1. The van der Waals surface area contributed by atoms with Crippen molar-refractivity contribution >= 4 is 40.4 Å². The normalized spacial score (nSPS) is 18.2. The van der Waals surface area contributed by atoms with Crippen LogP contribution in [0.4, 0.5) is 0 Å². The van der Waals surface area contributed by atoms with Crippen molar-refractivity contribution in [1.82, 2.24) is 4.90 Å². The lowest BCUT2D eigenvalue weighted by molar-refractivity contribution is 0.0769. The summed E-state index contributed by atoms with van der Waals surface area (Å²) in [5.74, 6) is -0.0316. The molecule has 110 valence electrons. The molecule has 1 atom stereocenters. The number of carbonyl (C=O) groups excluding carboxylic acids is 1. The van der Waals surface area contributed by atoms with Crippen molar-refractivity contribution < 1.29 is 9.90 Å². The Balaban J connectivity index is 1.84. The fourth-order valence-corrected chi connectivity index (χ4v) is 3.87. The van der Waals surface area contributed by atoms with Gasteiger partial charge < -0.3 is 10.0 Å². The Hall–Kier alpha value is -1.07. The van der Waals surface area contributed by atoms with Crippen LogP contribution in [0, 0.1) is 0 Å². The highest BCUT2D eigenvalue weighted by Gasteiger charge is 2.26. The van der Waals surface area contributed by atoms with E-state index in [1.165, 1.54) is 11.3 Å². The smallest absolute Gasteiger partial charge is 0.264 e. The molecule has 1 fully saturated rings. The van der Waals surface area contributed by atoms with Gasteiger partial charge in [0.1, 0.15) is 0 Å². The minimum atomic E-state index is -0.403. The Bertz CT molecular complexity index is 666. The molecule has 6 heteroatoms. The third-order valence-corrected chi connectivity index (χ3v) is 4.97. The van der Waals surface area contributed by atoms with Gasteiger partial charge in [-0.1, -0.05) is 23.2 Å². The van der Waals surface area contributed by atoms with Gasteiger partial charge in [0.05, 0.1) is 11.0 Å². The van der Waals surface area contributed by atoms with Gasteiger partial charge in [0.25, 0.3) is 5.91 Å². The molecule has 0 saturated carbocycles. The van der Waals surface area contributed by atoms with Crippen molar-refractivity contribution in [1.29, 1.82) is 0 Å². The molecule has 1 amide bonds. The fraction of sp³-hybridized carbons (Fsp3) is 0.267. The van der Waals surface area contributed by atoms with Gasteiger partial charge in [0.15, 0.2) is 0 Å². The number of hydrogen-bond acceptors (Lipinski definition) is 3. The number of likely N-dealkylation sites (tertiary alicyclic amines) is 1. The Morgan fingerprint density at radius 3 is 2.57 bits per heavy atom. The first-order valence-electron chi connectivity index (χ1n) is 6.56. The lowest BCUT2D eigenvalue weighted by Crippen LogP contribution is -2.28. The maximum Gasteiger partial charge on any atom is 0.264 e. The highest BCUT2D eigenvalue weighted by molar-refractivity contribution is 7.17. The number of β-amino-alcohol motifs (C(OH)–C–C–N with tert-alkyl or cyclic N) is 1. The Labute approximate surface area is 136 Å². The van der Waals surface area contributed by atoms with Crippen molar-refractivity contribution in [3.05, 3.63) is 45.3 Å². The summed E-state index contributed by atoms with van der Waals surface area (Å²) in [6.07, 6.45) is 0.244. The summed E-state index contributed by atoms with van der Waals surface area (Å²) in [6, 6.07) is 9.03. The molecule has 1 aromatic carbocycles. The number of nitrogens with zero attached hydrogens (tertiary/aromatic N) is 1. The molecule has 2 heterocycles. The standard InChI is InChI=1S/C15H13Cl2NO2S/c16-10-5-9(6-11(17)7-10)13-1-2-14(21-13)15(20)18-4-3-12(19)8-18/h1-2,5-7,12,19H,3-4,8H2/t12-/m1/s1. The van der Waals surface area contributed by atoms with Crippen LogP contribution in [0.3, 0.4) is 0 Å². The number of aliphatic hydroxyl groups excluding tert-OH is 1. The zero-order valence-electron chi connectivity index (χ0n) is 11.1. The van der Waals surface area contributed by atoms with Crippen LogP contribution in [-0.2, 0) is 0 Å². The molecule has 3 nitrogen and oxygen atoms in total. The summed E-state index contributed by atoms with van der Waals surface area (Å²) in [7, 11) is 0. The van der Waals surface area contributed by atoms with Crippen molar-refractivity contribution in [2.24, 2.45) is 0 Å². The summed E-state index contributed by atoms with van der Waals surface area (Å²) < 4.78 is 0.